The van der Waals surface area contributed by atoms with Gasteiger partial charge in [0.25, 0.3) is 0 Å². The Morgan fingerprint density at radius 1 is 1.16 bits per heavy atom. The van der Waals surface area contributed by atoms with Gasteiger partial charge in [0.1, 0.15) is 11.6 Å². The number of rotatable bonds is 3. The normalized spacial score (nSPS) is 20.8. The Bertz CT molecular complexity index is 426. The van der Waals surface area contributed by atoms with Gasteiger partial charge in [-0.3, -0.25) is 0 Å². The van der Waals surface area contributed by atoms with Gasteiger partial charge in [-0.05, 0) is 37.8 Å². The molecule has 2 fully saturated rings. The maximum absolute atomic E-state index is 14.2. The van der Waals surface area contributed by atoms with Crippen LogP contribution in [0, 0.1) is 5.82 Å². The molecule has 104 valence electrons. The third kappa shape index (κ3) is 3.00. The molecule has 0 atom stereocenters. The first kappa shape index (κ1) is 12.7. The summed E-state index contributed by atoms with van der Waals surface area (Å²) < 4.78 is 20.0. The number of anilines is 1. The summed E-state index contributed by atoms with van der Waals surface area (Å²) >= 11 is 0. The highest BCUT2D eigenvalue weighted by molar-refractivity contribution is 5.51. The van der Waals surface area contributed by atoms with Crippen molar-refractivity contribution in [2.75, 3.05) is 31.1 Å². The molecule has 1 aromatic rings. The summed E-state index contributed by atoms with van der Waals surface area (Å²) in [6.07, 6.45) is 4.94. The predicted octanol–water partition coefficient (Wildman–Crippen LogP) is 2.56. The van der Waals surface area contributed by atoms with Crippen LogP contribution in [-0.2, 0) is 0 Å². The molecule has 0 spiro atoms. The zero-order chi connectivity index (χ0) is 13.1. The molecule has 0 aromatic heterocycles. The van der Waals surface area contributed by atoms with Gasteiger partial charge in [0.05, 0.1) is 11.8 Å². The Balaban J connectivity index is 1.69. The van der Waals surface area contributed by atoms with E-state index in [2.05, 4.69) is 10.2 Å². The van der Waals surface area contributed by atoms with Crippen LogP contribution in [0.1, 0.15) is 25.7 Å². The molecule has 1 aliphatic carbocycles. The van der Waals surface area contributed by atoms with E-state index in [1.807, 2.05) is 12.1 Å². The predicted molar refractivity (Wildman–Crippen MR) is 74.4 cm³/mol. The van der Waals surface area contributed by atoms with E-state index >= 15 is 0 Å². The molecule has 1 saturated heterocycles. The summed E-state index contributed by atoms with van der Waals surface area (Å²) in [7, 11) is 0. The minimum Gasteiger partial charge on any atom is -0.490 e. The SMILES string of the molecule is Fc1cc(OC2CCCC2)ccc1N1CCNCC1. The first-order valence-corrected chi connectivity index (χ1v) is 7.25. The summed E-state index contributed by atoms with van der Waals surface area (Å²) in [5.74, 6) is 0.501. The summed E-state index contributed by atoms with van der Waals surface area (Å²) in [6.45, 7) is 3.55. The molecular weight excluding hydrogens is 243 g/mol. The molecule has 19 heavy (non-hydrogen) atoms. The number of halogens is 1. The third-order valence-electron chi connectivity index (χ3n) is 3.98. The van der Waals surface area contributed by atoms with Crippen LogP contribution in [0.3, 0.4) is 0 Å². The van der Waals surface area contributed by atoms with Crippen molar-refractivity contribution in [2.24, 2.45) is 0 Å². The number of hydrogen-bond donors (Lipinski definition) is 1. The van der Waals surface area contributed by atoms with Crippen LogP contribution in [0.25, 0.3) is 0 Å². The molecule has 1 heterocycles. The summed E-state index contributed by atoms with van der Waals surface area (Å²) in [4.78, 5) is 2.09. The molecule has 3 nitrogen and oxygen atoms in total. The molecule has 1 aliphatic heterocycles. The van der Waals surface area contributed by atoms with Crippen LogP contribution in [0.4, 0.5) is 10.1 Å². The van der Waals surface area contributed by atoms with Gasteiger partial charge in [-0.1, -0.05) is 0 Å². The monoisotopic (exact) mass is 264 g/mol. The van der Waals surface area contributed by atoms with Crippen molar-refractivity contribution in [3.63, 3.8) is 0 Å². The molecule has 0 radical (unpaired) electrons. The van der Waals surface area contributed by atoms with Crippen LogP contribution in [0.2, 0.25) is 0 Å². The molecule has 3 rings (SSSR count). The molecule has 0 amide bonds. The molecule has 1 saturated carbocycles. The Hall–Kier alpha value is -1.29. The number of piperazine rings is 1. The maximum Gasteiger partial charge on any atom is 0.150 e. The van der Waals surface area contributed by atoms with Gasteiger partial charge < -0.3 is 15.0 Å². The van der Waals surface area contributed by atoms with Gasteiger partial charge in [0, 0.05) is 32.2 Å². The Morgan fingerprint density at radius 2 is 1.89 bits per heavy atom. The van der Waals surface area contributed by atoms with Crippen molar-refractivity contribution in [1.29, 1.82) is 0 Å². The van der Waals surface area contributed by atoms with E-state index in [-0.39, 0.29) is 11.9 Å². The molecule has 4 heteroatoms. The topological polar surface area (TPSA) is 24.5 Å². The van der Waals surface area contributed by atoms with Gasteiger partial charge in [0.2, 0.25) is 0 Å². The molecular formula is C15H21FN2O. The smallest absolute Gasteiger partial charge is 0.150 e. The second kappa shape index (κ2) is 5.78. The van der Waals surface area contributed by atoms with E-state index in [4.69, 9.17) is 4.74 Å². The number of hydrogen-bond acceptors (Lipinski definition) is 3. The van der Waals surface area contributed by atoms with Crippen molar-refractivity contribution < 1.29 is 9.13 Å². The van der Waals surface area contributed by atoms with Gasteiger partial charge in [-0.25, -0.2) is 4.39 Å². The molecule has 2 aliphatic rings. The fraction of sp³-hybridized carbons (Fsp3) is 0.600. The average Bonchev–Trinajstić information content (AvgIpc) is 2.93. The lowest BCUT2D eigenvalue weighted by Gasteiger charge is -2.29. The lowest BCUT2D eigenvalue weighted by atomic mass is 10.2. The number of nitrogens with zero attached hydrogens (tertiary/aromatic N) is 1. The van der Waals surface area contributed by atoms with Crippen LogP contribution >= 0.6 is 0 Å². The van der Waals surface area contributed by atoms with E-state index < -0.39 is 0 Å². The number of benzene rings is 1. The Labute approximate surface area is 113 Å². The largest absolute Gasteiger partial charge is 0.490 e. The first-order valence-electron chi connectivity index (χ1n) is 7.25. The van der Waals surface area contributed by atoms with E-state index in [9.17, 15) is 4.39 Å². The van der Waals surface area contributed by atoms with Crippen LogP contribution in [0.5, 0.6) is 5.75 Å². The van der Waals surface area contributed by atoms with Gasteiger partial charge >= 0.3 is 0 Å². The van der Waals surface area contributed by atoms with E-state index in [1.54, 1.807) is 0 Å². The fourth-order valence-corrected chi connectivity index (χ4v) is 2.92. The molecule has 0 bridgehead atoms. The van der Waals surface area contributed by atoms with Crippen LogP contribution in [0.15, 0.2) is 18.2 Å². The lowest BCUT2D eigenvalue weighted by Crippen LogP contribution is -2.43. The second-order valence-electron chi connectivity index (χ2n) is 5.37. The zero-order valence-electron chi connectivity index (χ0n) is 11.2. The quantitative estimate of drug-likeness (QED) is 0.908. The average molecular weight is 264 g/mol. The van der Waals surface area contributed by atoms with Crippen molar-refractivity contribution >= 4 is 5.69 Å². The Morgan fingerprint density at radius 3 is 2.58 bits per heavy atom. The highest BCUT2D eigenvalue weighted by atomic mass is 19.1. The lowest BCUT2D eigenvalue weighted by molar-refractivity contribution is 0.209. The van der Waals surface area contributed by atoms with Crippen LogP contribution in [-0.4, -0.2) is 32.3 Å². The molecule has 1 N–H and O–H groups in total. The highest BCUT2D eigenvalue weighted by Gasteiger charge is 2.18. The maximum atomic E-state index is 14.2. The summed E-state index contributed by atoms with van der Waals surface area (Å²) in [5.41, 5.74) is 0.695. The molecule has 1 aromatic carbocycles. The second-order valence-corrected chi connectivity index (χ2v) is 5.37. The highest BCUT2D eigenvalue weighted by Crippen LogP contribution is 2.28. The van der Waals surface area contributed by atoms with E-state index in [0.29, 0.717) is 11.4 Å². The van der Waals surface area contributed by atoms with Crippen molar-refractivity contribution in [3.05, 3.63) is 24.0 Å². The number of ether oxygens (including phenoxy) is 1. The Kier molecular flexibility index (Phi) is 3.87. The van der Waals surface area contributed by atoms with Crippen molar-refractivity contribution in [3.8, 4) is 5.75 Å². The fourth-order valence-electron chi connectivity index (χ4n) is 2.92. The van der Waals surface area contributed by atoms with Crippen molar-refractivity contribution in [1.82, 2.24) is 5.32 Å². The van der Waals surface area contributed by atoms with Crippen molar-refractivity contribution in [2.45, 2.75) is 31.8 Å². The van der Waals surface area contributed by atoms with E-state index in [0.717, 1.165) is 39.0 Å². The zero-order valence-corrected chi connectivity index (χ0v) is 11.2. The standard InChI is InChI=1S/C15H21FN2O/c16-14-11-13(19-12-3-1-2-4-12)5-6-15(14)18-9-7-17-8-10-18/h5-6,11-12,17H,1-4,7-10H2. The minimum absolute atomic E-state index is 0.169. The summed E-state index contributed by atoms with van der Waals surface area (Å²) in [5, 5.41) is 3.27. The van der Waals surface area contributed by atoms with Crippen LogP contribution < -0.4 is 15.0 Å². The van der Waals surface area contributed by atoms with E-state index in [1.165, 1.54) is 18.9 Å². The third-order valence-corrected chi connectivity index (χ3v) is 3.98. The van der Waals surface area contributed by atoms with Gasteiger partial charge in [-0.15, -0.1) is 0 Å². The first-order chi connectivity index (χ1) is 9.33. The molecule has 0 unspecified atom stereocenters. The summed E-state index contributed by atoms with van der Waals surface area (Å²) in [6, 6.07) is 5.29. The van der Waals surface area contributed by atoms with Gasteiger partial charge in [0.15, 0.2) is 0 Å². The van der Waals surface area contributed by atoms with Gasteiger partial charge in [-0.2, -0.15) is 0 Å². The number of nitrogens with one attached hydrogen (secondary N) is 1. The minimum atomic E-state index is -0.169.